The van der Waals surface area contributed by atoms with E-state index in [2.05, 4.69) is 27.0 Å². The molecule has 0 atom stereocenters. The maximum absolute atomic E-state index is 9.90. The minimum absolute atomic E-state index is 0.271. The highest BCUT2D eigenvalue weighted by Gasteiger charge is 2.21. The molecule has 0 aliphatic heterocycles. The Morgan fingerprint density at radius 2 is 1.53 bits per heavy atom. The number of nitriles is 1. The first-order valence-electron chi connectivity index (χ1n) is 9.20. The first-order valence-corrected chi connectivity index (χ1v) is 9.99. The molecule has 7 heteroatoms. The van der Waals surface area contributed by atoms with E-state index in [9.17, 15) is 5.26 Å². The summed E-state index contributed by atoms with van der Waals surface area (Å²) in [5.74, 6) is 1.87. The Morgan fingerprint density at radius 3 is 2.10 bits per heavy atom. The van der Waals surface area contributed by atoms with Crippen molar-refractivity contribution in [1.82, 2.24) is 4.98 Å². The van der Waals surface area contributed by atoms with Gasteiger partial charge in [-0.05, 0) is 31.2 Å². The third-order valence-electron chi connectivity index (χ3n) is 4.51. The Balaban J connectivity index is 2.33. The van der Waals surface area contributed by atoms with E-state index in [0.717, 1.165) is 10.0 Å². The van der Waals surface area contributed by atoms with Crippen molar-refractivity contribution >= 4 is 15.9 Å². The van der Waals surface area contributed by atoms with Crippen molar-refractivity contribution in [2.24, 2.45) is 0 Å². The summed E-state index contributed by atoms with van der Waals surface area (Å²) in [7, 11) is 4.69. The van der Waals surface area contributed by atoms with Crippen molar-refractivity contribution in [3.05, 3.63) is 52.5 Å². The molecule has 2 aromatic carbocycles. The number of halogens is 1. The number of aromatic nitrogens is 1. The Labute approximate surface area is 184 Å². The molecule has 0 N–H and O–H groups in total. The second-order valence-electron chi connectivity index (χ2n) is 6.19. The number of methoxy groups -OCH3 is 3. The van der Waals surface area contributed by atoms with Gasteiger partial charge in [0.25, 0.3) is 0 Å². The average molecular weight is 469 g/mol. The lowest BCUT2D eigenvalue weighted by Crippen LogP contribution is -2.02. The van der Waals surface area contributed by atoms with Crippen LogP contribution in [0.1, 0.15) is 12.5 Å². The zero-order valence-electron chi connectivity index (χ0n) is 17.2. The number of hydrogen-bond acceptors (Lipinski definition) is 6. The largest absolute Gasteiger partial charge is 0.496 e. The monoisotopic (exact) mass is 468 g/mol. The van der Waals surface area contributed by atoms with Gasteiger partial charge >= 0.3 is 0 Å². The van der Waals surface area contributed by atoms with Gasteiger partial charge in [0.05, 0.1) is 33.6 Å². The Morgan fingerprint density at radius 1 is 0.900 bits per heavy atom. The standard InChI is InChI=1S/C23H21BrN2O4/c1-5-30-23-18(13-25)16(10-19(26-23)14-6-8-15(24)9-7-14)17-11-21(28-3)22(29-4)12-20(17)27-2/h6-12H,5H2,1-4H3. The fourth-order valence-corrected chi connectivity index (χ4v) is 3.36. The molecule has 0 radical (unpaired) electrons. The molecule has 1 aromatic heterocycles. The molecule has 0 saturated carbocycles. The van der Waals surface area contributed by atoms with Gasteiger partial charge in [0.1, 0.15) is 17.4 Å². The maximum atomic E-state index is 9.90. The van der Waals surface area contributed by atoms with Crippen LogP contribution < -0.4 is 18.9 Å². The lowest BCUT2D eigenvalue weighted by Gasteiger charge is -2.17. The molecule has 0 aliphatic rings. The molecular weight excluding hydrogens is 448 g/mol. The molecule has 0 fully saturated rings. The summed E-state index contributed by atoms with van der Waals surface area (Å²) in [6.45, 7) is 2.24. The first-order chi connectivity index (χ1) is 14.6. The lowest BCUT2D eigenvalue weighted by atomic mass is 9.97. The van der Waals surface area contributed by atoms with E-state index in [0.29, 0.717) is 46.2 Å². The van der Waals surface area contributed by atoms with Crippen molar-refractivity contribution in [2.45, 2.75) is 6.92 Å². The molecule has 3 aromatic rings. The predicted octanol–water partition coefficient (Wildman–Crippen LogP) is 5.47. The highest BCUT2D eigenvalue weighted by atomic mass is 79.9. The van der Waals surface area contributed by atoms with Gasteiger partial charge in [0.2, 0.25) is 5.88 Å². The van der Waals surface area contributed by atoms with Crippen LogP contribution in [0.3, 0.4) is 0 Å². The van der Waals surface area contributed by atoms with Gasteiger partial charge in [-0.15, -0.1) is 0 Å². The maximum Gasteiger partial charge on any atom is 0.232 e. The van der Waals surface area contributed by atoms with Gasteiger partial charge in [-0.2, -0.15) is 5.26 Å². The van der Waals surface area contributed by atoms with E-state index in [-0.39, 0.29) is 5.88 Å². The Kier molecular flexibility index (Phi) is 6.80. The lowest BCUT2D eigenvalue weighted by molar-refractivity contribution is 0.326. The minimum atomic E-state index is 0.271. The molecule has 6 nitrogen and oxygen atoms in total. The number of benzene rings is 2. The molecule has 0 unspecified atom stereocenters. The highest BCUT2D eigenvalue weighted by molar-refractivity contribution is 9.10. The summed E-state index contributed by atoms with van der Waals surface area (Å²) in [5, 5.41) is 9.90. The number of hydrogen-bond donors (Lipinski definition) is 0. The number of rotatable bonds is 7. The first kappa shape index (κ1) is 21.5. The fourth-order valence-electron chi connectivity index (χ4n) is 3.09. The highest BCUT2D eigenvalue weighted by Crippen LogP contribution is 2.43. The summed E-state index contributed by atoms with van der Waals surface area (Å²) in [4.78, 5) is 4.59. The third-order valence-corrected chi connectivity index (χ3v) is 5.04. The van der Waals surface area contributed by atoms with Crippen LogP contribution in [-0.2, 0) is 0 Å². The summed E-state index contributed by atoms with van der Waals surface area (Å²) >= 11 is 3.45. The second-order valence-corrected chi connectivity index (χ2v) is 7.11. The van der Waals surface area contributed by atoms with E-state index in [1.165, 1.54) is 0 Å². The van der Waals surface area contributed by atoms with Gasteiger partial charge in [-0.1, -0.05) is 28.1 Å². The fraction of sp³-hybridized carbons (Fsp3) is 0.217. The van der Waals surface area contributed by atoms with Gasteiger partial charge < -0.3 is 18.9 Å². The Bertz CT molecular complexity index is 1090. The molecule has 0 spiro atoms. The predicted molar refractivity (Wildman–Crippen MR) is 118 cm³/mol. The SMILES string of the molecule is CCOc1nc(-c2ccc(Br)cc2)cc(-c2cc(OC)c(OC)cc2OC)c1C#N. The number of ether oxygens (including phenoxy) is 4. The zero-order valence-corrected chi connectivity index (χ0v) is 18.7. The van der Waals surface area contributed by atoms with Crippen LogP contribution >= 0.6 is 15.9 Å². The van der Waals surface area contributed by atoms with Gasteiger partial charge in [0, 0.05) is 27.2 Å². The van der Waals surface area contributed by atoms with Crippen LogP contribution in [0.5, 0.6) is 23.1 Å². The van der Waals surface area contributed by atoms with E-state index in [1.807, 2.05) is 37.3 Å². The van der Waals surface area contributed by atoms with E-state index in [4.69, 9.17) is 18.9 Å². The van der Waals surface area contributed by atoms with Crippen LogP contribution in [0.2, 0.25) is 0 Å². The van der Waals surface area contributed by atoms with Crippen LogP contribution in [0.25, 0.3) is 22.4 Å². The number of nitrogens with zero attached hydrogens (tertiary/aromatic N) is 2. The van der Waals surface area contributed by atoms with Crippen molar-refractivity contribution in [1.29, 1.82) is 5.26 Å². The van der Waals surface area contributed by atoms with Crippen molar-refractivity contribution in [2.75, 3.05) is 27.9 Å². The summed E-state index contributed by atoms with van der Waals surface area (Å²) in [6.07, 6.45) is 0. The van der Waals surface area contributed by atoms with Crippen molar-refractivity contribution < 1.29 is 18.9 Å². The number of pyridine rings is 1. The molecule has 0 aliphatic carbocycles. The van der Waals surface area contributed by atoms with Crippen LogP contribution in [0, 0.1) is 11.3 Å². The minimum Gasteiger partial charge on any atom is -0.496 e. The second kappa shape index (κ2) is 9.51. The summed E-state index contributed by atoms with van der Waals surface area (Å²) in [5.41, 5.74) is 3.20. The molecule has 3 rings (SSSR count). The molecular formula is C23H21BrN2O4. The summed E-state index contributed by atoms with van der Waals surface area (Å²) < 4.78 is 23.1. The van der Waals surface area contributed by atoms with E-state index < -0.39 is 0 Å². The molecule has 1 heterocycles. The van der Waals surface area contributed by atoms with Crippen LogP contribution in [0.15, 0.2) is 46.9 Å². The molecule has 154 valence electrons. The Hall–Kier alpha value is -3.24. The summed E-state index contributed by atoms with van der Waals surface area (Å²) in [6, 6.07) is 15.4. The van der Waals surface area contributed by atoms with Crippen molar-refractivity contribution in [3.63, 3.8) is 0 Å². The van der Waals surface area contributed by atoms with E-state index >= 15 is 0 Å². The zero-order chi connectivity index (χ0) is 21.7. The topological polar surface area (TPSA) is 73.6 Å². The van der Waals surface area contributed by atoms with Gasteiger partial charge in [0.15, 0.2) is 11.5 Å². The molecule has 0 amide bonds. The molecule has 30 heavy (non-hydrogen) atoms. The van der Waals surface area contributed by atoms with Crippen LogP contribution in [-0.4, -0.2) is 32.9 Å². The smallest absolute Gasteiger partial charge is 0.232 e. The molecule has 0 bridgehead atoms. The third kappa shape index (κ3) is 4.19. The van der Waals surface area contributed by atoms with Crippen LogP contribution in [0.4, 0.5) is 0 Å². The normalized spacial score (nSPS) is 10.3. The average Bonchev–Trinajstić information content (AvgIpc) is 2.78. The van der Waals surface area contributed by atoms with E-state index in [1.54, 1.807) is 33.5 Å². The van der Waals surface area contributed by atoms with Crippen molar-refractivity contribution in [3.8, 4) is 51.6 Å². The van der Waals surface area contributed by atoms with Gasteiger partial charge in [-0.25, -0.2) is 4.98 Å². The van der Waals surface area contributed by atoms with Gasteiger partial charge in [-0.3, -0.25) is 0 Å². The quantitative estimate of drug-likeness (QED) is 0.457. The molecule has 0 saturated heterocycles.